The molecule has 10 nitrogen and oxygen atoms in total. The number of nitrogens with zero attached hydrogens (tertiary/aromatic N) is 5. The van der Waals surface area contributed by atoms with Crippen molar-refractivity contribution < 1.29 is 37.4 Å². The van der Waals surface area contributed by atoms with Gasteiger partial charge in [-0.05, 0) is 86.3 Å². The highest BCUT2D eigenvalue weighted by Gasteiger charge is 2.32. The van der Waals surface area contributed by atoms with Crippen molar-refractivity contribution in [3.05, 3.63) is 136 Å². The van der Waals surface area contributed by atoms with E-state index >= 15 is 0 Å². The molecule has 298 valence electrons. The Morgan fingerprint density at radius 3 is 2.02 bits per heavy atom. The number of hydrogen-bond donors (Lipinski definition) is 2. The fourth-order valence-corrected chi connectivity index (χ4v) is 8.04. The van der Waals surface area contributed by atoms with Crippen LogP contribution in [0.5, 0.6) is 0 Å². The van der Waals surface area contributed by atoms with Gasteiger partial charge in [0.2, 0.25) is 0 Å². The van der Waals surface area contributed by atoms with Gasteiger partial charge in [0.15, 0.2) is 23.2 Å². The normalized spacial score (nSPS) is 12.4. The summed E-state index contributed by atoms with van der Waals surface area (Å²) < 4.78 is 51.2. The van der Waals surface area contributed by atoms with Crippen LogP contribution in [0.15, 0.2) is 101 Å². The van der Waals surface area contributed by atoms with Crippen molar-refractivity contribution in [3.63, 3.8) is 0 Å². The van der Waals surface area contributed by atoms with E-state index in [4.69, 9.17) is 26.0 Å². The van der Waals surface area contributed by atoms with Crippen LogP contribution in [0.3, 0.4) is 0 Å². The summed E-state index contributed by atoms with van der Waals surface area (Å²) >= 11 is 7.03. The minimum atomic E-state index is -4.59. The van der Waals surface area contributed by atoms with E-state index in [1.807, 2.05) is 55.7 Å². The van der Waals surface area contributed by atoms with Crippen LogP contribution >= 0.6 is 11.6 Å². The Hall–Kier alpha value is -6.73. The lowest BCUT2D eigenvalue weighted by atomic mass is 9.96. The topological polar surface area (TPSA) is 136 Å². The molecule has 0 aliphatic heterocycles. The molecular formula is C45H35ClF3N5O5. The van der Waals surface area contributed by atoms with Gasteiger partial charge in [-0.2, -0.15) is 13.2 Å². The Morgan fingerprint density at radius 2 is 1.37 bits per heavy atom. The molecule has 0 spiro atoms. The summed E-state index contributed by atoms with van der Waals surface area (Å²) in [6.07, 6.45) is -4.14. The van der Waals surface area contributed by atoms with Crippen molar-refractivity contribution in [2.24, 2.45) is 0 Å². The lowest BCUT2D eigenvalue weighted by molar-refractivity contribution is -0.139. The smallest absolute Gasteiger partial charge is 0.406 e. The summed E-state index contributed by atoms with van der Waals surface area (Å²) in [7, 11) is 0. The molecule has 0 amide bonds. The number of fused-ring (bicyclic) bond motifs is 2. The third-order valence-corrected chi connectivity index (χ3v) is 10.6. The first kappa shape index (κ1) is 39.1. The molecule has 3 aromatic heterocycles. The largest absolute Gasteiger partial charge is 0.478 e. The molecule has 0 saturated heterocycles. The van der Waals surface area contributed by atoms with Crippen LogP contribution in [0.2, 0.25) is 5.02 Å². The SMILES string of the molecule is Cc1ccc(-c2oc(C)nc2-c2nc3cc(C(=O)O)ccc3n2C(C)Cc2ccc(-c3ccccc3-c3nc4cc(C(=O)O)ccc4n3CC(F)(F)F)c(Cl)c2)c(C)c1. The van der Waals surface area contributed by atoms with Gasteiger partial charge in [0, 0.05) is 34.7 Å². The maximum Gasteiger partial charge on any atom is 0.406 e. The zero-order chi connectivity index (χ0) is 41.9. The second-order valence-electron chi connectivity index (χ2n) is 14.6. The molecule has 0 aliphatic rings. The van der Waals surface area contributed by atoms with Crippen molar-refractivity contribution in [1.82, 2.24) is 24.1 Å². The number of benzene rings is 5. The van der Waals surface area contributed by atoms with Crippen LogP contribution < -0.4 is 0 Å². The van der Waals surface area contributed by atoms with Gasteiger partial charge in [-0.15, -0.1) is 0 Å². The highest BCUT2D eigenvalue weighted by atomic mass is 35.5. The summed E-state index contributed by atoms with van der Waals surface area (Å²) in [6.45, 7) is 6.44. The molecule has 0 fully saturated rings. The average Bonchev–Trinajstić information content (AvgIpc) is 3.86. The Kier molecular flexibility index (Phi) is 9.87. The van der Waals surface area contributed by atoms with Crippen molar-refractivity contribution in [1.29, 1.82) is 0 Å². The van der Waals surface area contributed by atoms with Crippen molar-refractivity contribution >= 4 is 45.6 Å². The minimum Gasteiger partial charge on any atom is -0.478 e. The number of carboxylic acids is 2. The van der Waals surface area contributed by atoms with Gasteiger partial charge < -0.3 is 23.8 Å². The monoisotopic (exact) mass is 817 g/mol. The molecular weight excluding hydrogens is 783 g/mol. The van der Waals surface area contributed by atoms with E-state index in [-0.39, 0.29) is 34.0 Å². The quantitative estimate of drug-likeness (QED) is 0.139. The summed E-state index contributed by atoms with van der Waals surface area (Å²) in [5, 5.41) is 19.7. The molecule has 3 heterocycles. The Labute approximate surface area is 340 Å². The molecule has 1 atom stereocenters. The summed E-state index contributed by atoms with van der Waals surface area (Å²) in [6, 6.07) is 26.8. The first-order valence-corrected chi connectivity index (χ1v) is 18.9. The van der Waals surface area contributed by atoms with Crippen LogP contribution in [0.4, 0.5) is 13.2 Å². The highest BCUT2D eigenvalue weighted by Crippen LogP contribution is 2.41. The zero-order valence-electron chi connectivity index (χ0n) is 32.1. The van der Waals surface area contributed by atoms with Crippen molar-refractivity contribution in [2.75, 3.05) is 0 Å². The van der Waals surface area contributed by atoms with E-state index in [0.717, 1.165) is 26.8 Å². The molecule has 14 heteroatoms. The first-order chi connectivity index (χ1) is 28.1. The second-order valence-corrected chi connectivity index (χ2v) is 15.0. The molecule has 1 unspecified atom stereocenters. The van der Waals surface area contributed by atoms with Gasteiger partial charge in [0.1, 0.15) is 12.4 Å². The molecule has 59 heavy (non-hydrogen) atoms. The van der Waals surface area contributed by atoms with Gasteiger partial charge in [-0.25, -0.2) is 24.5 Å². The fraction of sp³-hybridized carbons (Fsp3) is 0.178. The van der Waals surface area contributed by atoms with Crippen molar-refractivity contribution in [3.8, 4) is 45.4 Å². The number of carbonyl (C=O) groups is 2. The number of aromatic carboxylic acids is 2. The van der Waals surface area contributed by atoms with Gasteiger partial charge in [-0.1, -0.05) is 71.8 Å². The van der Waals surface area contributed by atoms with Crippen LogP contribution in [-0.4, -0.2) is 52.4 Å². The van der Waals surface area contributed by atoms with Crippen LogP contribution in [0, 0.1) is 20.8 Å². The highest BCUT2D eigenvalue weighted by molar-refractivity contribution is 6.33. The number of aromatic nitrogens is 5. The van der Waals surface area contributed by atoms with Gasteiger partial charge >= 0.3 is 18.1 Å². The number of hydrogen-bond acceptors (Lipinski definition) is 6. The van der Waals surface area contributed by atoms with Crippen LogP contribution in [0.1, 0.15) is 56.3 Å². The molecule has 8 rings (SSSR count). The Balaban J connectivity index is 1.19. The van der Waals surface area contributed by atoms with E-state index < -0.39 is 24.7 Å². The lowest BCUT2D eigenvalue weighted by Crippen LogP contribution is -2.18. The number of alkyl halides is 3. The maximum absolute atomic E-state index is 14.0. The van der Waals surface area contributed by atoms with Gasteiger partial charge in [0.25, 0.3) is 0 Å². The molecule has 2 N–H and O–H groups in total. The summed E-state index contributed by atoms with van der Waals surface area (Å²) in [5.41, 5.74) is 7.17. The molecule has 0 saturated carbocycles. The van der Waals surface area contributed by atoms with Crippen molar-refractivity contribution in [2.45, 2.75) is 52.9 Å². The van der Waals surface area contributed by atoms with E-state index in [9.17, 15) is 33.0 Å². The van der Waals surface area contributed by atoms with Gasteiger partial charge in [0.05, 0.1) is 33.2 Å². The van der Waals surface area contributed by atoms with Crippen LogP contribution in [-0.2, 0) is 13.0 Å². The molecule has 5 aromatic carbocycles. The first-order valence-electron chi connectivity index (χ1n) is 18.6. The van der Waals surface area contributed by atoms with E-state index in [0.29, 0.717) is 62.3 Å². The standard InChI is InChI=1S/C45H35ClF3N5O5/c1-23-9-13-30(24(2)17-23)40-39(50-26(4)59-40)42-52-36-21-29(44(57)58)12-16-38(36)54(42)25(3)18-27-10-14-32(34(46)19-27)31-7-5-6-8-33(31)41-51-35-20-28(43(55)56)11-15-37(35)53(41)22-45(47,48)49/h5-17,19-21,25H,18,22H2,1-4H3,(H,55,56)(H,57,58). The number of imidazole rings is 2. The summed E-state index contributed by atoms with van der Waals surface area (Å²) in [5.74, 6) is -0.812. The predicted molar refractivity (Wildman–Crippen MR) is 219 cm³/mol. The number of carboxylic acid groups (broad SMARTS) is 2. The molecule has 0 bridgehead atoms. The van der Waals surface area contributed by atoms with E-state index in [2.05, 4.69) is 11.1 Å². The summed E-state index contributed by atoms with van der Waals surface area (Å²) in [4.78, 5) is 37.9. The average molecular weight is 818 g/mol. The van der Waals surface area contributed by atoms with E-state index in [1.54, 1.807) is 37.3 Å². The third-order valence-electron chi connectivity index (χ3n) is 10.3. The van der Waals surface area contributed by atoms with E-state index in [1.165, 1.54) is 30.3 Å². The minimum absolute atomic E-state index is 0.0121. The maximum atomic E-state index is 14.0. The molecule has 0 radical (unpaired) electrons. The number of aryl methyl sites for hydroxylation is 3. The number of halogens is 4. The zero-order valence-corrected chi connectivity index (χ0v) is 32.9. The molecule has 8 aromatic rings. The third kappa shape index (κ3) is 7.45. The lowest BCUT2D eigenvalue weighted by Gasteiger charge is -2.19. The predicted octanol–water partition coefficient (Wildman–Crippen LogP) is 11.4. The van der Waals surface area contributed by atoms with Gasteiger partial charge in [-0.3, -0.25) is 0 Å². The van der Waals surface area contributed by atoms with Crippen LogP contribution in [0.25, 0.3) is 67.4 Å². The number of oxazole rings is 1. The molecule has 0 aliphatic carbocycles. The number of rotatable bonds is 10. The Bertz CT molecular complexity index is 2980. The Morgan fingerprint density at radius 1 is 0.746 bits per heavy atom. The second kappa shape index (κ2) is 14.9. The fourth-order valence-electron chi connectivity index (χ4n) is 7.73.